The van der Waals surface area contributed by atoms with Gasteiger partial charge in [-0.05, 0) is 85.1 Å². The van der Waals surface area contributed by atoms with E-state index in [9.17, 15) is 9.18 Å². The Morgan fingerprint density at radius 2 is 1.72 bits per heavy atom. The summed E-state index contributed by atoms with van der Waals surface area (Å²) in [5.74, 6) is -0.259. The number of nitriles is 1. The maximum atomic E-state index is 14.1. The number of aryl methyl sites for hydroxylation is 1. The molecule has 0 saturated heterocycles. The summed E-state index contributed by atoms with van der Waals surface area (Å²) in [6.45, 7) is 15.1. The smallest absolute Gasteiger partial charge is 0.354 e. The highest BCUT2D eigenvalue weighted by atomic mass is 19.1. The standard InChI is InChI=1S/C21H29N7O.C15H21FN2/c1-21(2,3)17-11-15-13-28(20(29)27-18(15)26-17)16-7-5-14(6-8-16)12-24-9-4-10-25-19(22)23;1-15(2,3)13-9-11(6-4-5-7-17)8-12(10-18)14(13)16/h5-8,11,13,24H,4,9-10,12H2,1-3H3,(H4,22,23,25)(H,26,27,29);8-9H,4-7,17H2,1-3H3. The predicted octanol–water partition coefficient (Wildman–Crippen LogP) is 5.04. The van der Waals surface area contributed by atoms with E-state index < -0.39 is 0 Å². The van der Waals surface area contributed by atoms with Crippen molar-refractivity contribution in [2.45, 2.75) is 84.6 Å². The fourth-order valence-electron chi connectivity index (χ4n) is 4.93. The number of fused-ring (bicyclic) bond motifs is 1. The first-order chi connectivity index (χ1) is 22.1. The molecule has 2 aromatic heterocycles. The number of halogens is 1. The van der Waals surface area contributed by atoms with Crippen LogP contribution in [0, 0.1) is 17.1 Å². The number of aromatic amines is 1. The molecule has 0 aliphatic heterocycles. The van der Waals surface area contributed by atoms with Gasteiger partial charge in [0, 0.05) is 35.8 Å². The molecule has 0 unspecified atom stereocenters. The Kier molecular flexibility index (Phi) is 12.8. The molecule has 0 aliphatic rings. The van der Waals surface area contributed by atoms with Crippen LogP contribution in [-0.4, -0.2) is 40.1 Å². The van der Waals surface area contributed by atoms with Gasteiger partial charge in [0.15, 0.2) is 5.96 Å². The molecule has 0 spiro atoms. The number of nitrogens with zero attached hydrogens (tertiary/aromatic N) is 4. The van der Waals surface area contributed by atoms with Gasteiger partial charge in [0.05, 0.1) is 11.3 Å². The van der Waals surface area contributed by atoms with E-state index in [0.717, 1.165) is 66.7 Å². The molecule has 0 bridgehead atoms. The van der Waals surface area contributed by atoms with E-state index in [4.69, 9.17) is 22.5 Å². The molecule has 0 atom stereocenters. The van der Waals surface area contributed by atoms with Crippen LogP contribution in [0.5, 0.6) is 0 Å². The highest BCUT2D eigenvalue weighted by Gasteiger charge is 2.22. The van der Waals surface area contributed by atoms with Crippen molar-refractivity contribution in [1.29, 1.82) is 5.26 Å². The summed E-state index contributed by atoms with van der Waals surface area (Å²) < 4.78 is 15.7. The van der Waals surface area contributed by atoms with Crippen LogP contribution in [0.1, 0.15) is 88.8 Å². The number of nitrogens with one attached hydrogen (secondary N) is 2. The van der Waals surface area contributed by atoms with Gasteiger partial charge in [-0.3, -0.25) is 9.56 Å². The number of nitrogens with two attached hydrogens (primary N) is 3. The third-order valence-electron chi connectivity index (χ3n) is 7.65. The number of aliphatic imine (C=N–C) groups is 1. The quantitative estimate of drug-likeness (QED) is 0.0863. The van der Waals surface area contributed by atoms with Gasteiger partial charge >= 0.3 is 5.69 Å². The first-order valence-corrected chi connectivity index (χ1v) is 16.1. The number of hydrogen-bond donors (Lipinski definition) is 5. The zero-order valence-corrected chi connectivity index (χ0v) is 28.6. The molecule has 4 aromatic rings. The van der Waals surface area contributed by atoms with Gasteiger partial charge in [-0.2, -0.15) is 10.2 Å². The molecule has 4 rings (SSSR count). The molecule has 2 aromatic carbocycles. The number of benzene rings is 2. The van der Waals surface area contributed by atoms with Crippen LogP contribution in [0.15, 0.2) is 58.4 Å². The fourth-order valence-corrected chi connectivity index (χ4v) is 4.93. The number of unbranched alkanes of at least 4 members (excludes halogenated alkanes) is 1. The molecular weight excluding hydrogens is 593 g/mol. The molecule has 0 saturated carbocycles. The Morgan fingerprint density at radius 3 is 2.32 bits per heavy atom. The average molecular weight is 644 g/mol. The van der Waals surface area contributed by atoms with E-state index >= 15 is 0 Å². The van der Waals surface area contributed by atoms with E-state index in [0.29, 0.717) is 24.3 Å². The first-order valence-electron chi connectivity index (χ1n) is 16.1. The van der Waals surface area contributed by atoms with Crippen LogP contribution in [-0.2, 0) is 23.8 Å². The summed E-state index contributed by atoms with van der Waals surface area (Å²) in [6.07, 6.45) is 5.47. The van der Waals surface area contributed by atoms with E-state index in [-0.39, 0.29) is 33.9 Å². The van der Waals surface area contributed by atoms with Crippen molar-refractivity contribution < 1.29 is 4.39 Å². The van der Waals surface area contributed by atoms with Crippen molar-refractivity contribution in [3.05, 3.63) is 92.9 Å². The van der Waals surface area contributed by atoms with Gasteiger partial charge in [0.1, 0.15) is 17.5 Å². The van der Waals surface area contributed by atoms with Crippen LogP contribution in [0.2, 0.25) is 0 Å². The second-order valence-corrected chi connectivity index (χ2v) is 13.7. The van der Waals surface area contributed by atoms with Crippen LogP contribution < -0.4 is 28.2 Å². The minimum atomic E-state index is -0.382. The second-order valence-electron chi connectivity index (χ2n) is 13.7. The zero-order chi connectivity index (χ0) is 34.8. The normalized spacial score (nSPS) is 11.6. The van der Waals surface area contributed by atoms with Gasteiger partial charge in [0.25, 0.3) is 0 Å². The molecule has 2 heterocycles. The number of H-pyrrole nitrogens is 1. The Hall–Kier alpha value is -4.53. The minimum Gasteiger partial charge on any atom is -0.370 e. The average Bonchev–Trinajstić information content (AvgIpc) is 3.43. The maximum Gasteiger partial charge on any atom is 0.354 e. The fraction of sp³-hybridized carbons (Fsp3) is 0.444. The van der Waals surface area contributed by atoms with Gasteiger partial charge < -0.3 is 27.5 Å². The lowest BCUT2D eigenvalue weighted by atomic mass is 9.84. The van der Waals surface area contributed by atoms with Crippen molar-refractivity contribution in [1.82, 2.24) is 19.9 Å². The van der Waals surface area contributed by atoms with Gasteiger partial charge in [-0.1, -0.05) is 59.7 Å². The monoisotopic (exact) mass is 643 g/mol. The number of aromatic nitrogens is 3. The van der Waals surface area contributed by atoms with E-state index in [1.807, 2.05) is 63.4 Å². The zero-order valence-electron chi connectivity index (χ0n) is 28.6. The Balaban J connectivity index is 0.000000287. The van der Waals surface area contributed by atoms with Crippen LogP contribution in [0.4, 0.5) is 4.39 Å². The number of guanidine groups is 1. The minimum absolute atomic E-state index is 0.0352. The van der Waals surface area contributed by atoms with Gasteiger partial charge in [0.2, 0.25) is 0 Å². The number of hydrogen-bond acceptors (Lipinski definition) is 6. The van der Waals surface area contributed by atoms with Crippen molar-refractivity contribution in [3.63, 3.8) is 0 Å². The Labute approximate surface area is 277 Å². The summed E-state index contributed by atoms with van der Waals surface area (Å²) in [6, 6.07) is 15.4. The summed E-state index contributed by atoms with van der Waals surface area (Å²) in [5, 5.41) is 13.3. The van der Waals surface area contributed by atoms with Crippen molar-refractivity contribution in [2.75, 3.05) is 19.6 Å². The highest BCUT2D eigenvalue weighted by Crippen LogP contribution is 2.29. The molecule has 0 amide bonds. The van der Waals surface area contributed by atoms with Gasteiger partial charge in [-0.25, -0.2) is 9.18 Å². The maximum absolute atomic E-state index is 14.1. The highest BCUT2D eigenvalue weighted by molar-refractivity contribution is 5.76. The molecule has 0 fully saturated rings. The van der Waals surface area contributed by atoms with Crippen LogP contribution in [0.3, 0.4) is 0 Å². The number of rotatable bonds is 11. The third-order valence-corrected chi connectivity index (χ3v) is 7.65. The van der Waals surface area contributed by atoms with E-state index in [1.165, 1.54) is 0 Å². The van der Waals surface area contributed by atoms with Gasteiger partial charge in [-0.15, -0.1) is 0 Å². The summed E-state index contributed by atoms with van der Waals surface area (Å²) >= 11 is 0. The second kappa shape index (κ2) is 16.3. The van der Waals surface area contributed by atoms with Crippen molar-refractivity contribution in [2.24, 2.45) is 22.2 Å². The van der Waals surface area contributed by atoms with Crippen LogP contribution in [0.25, 0.3) is 16.7 Å². The molecule has 8 N–H and O–H groups in total. The molecule has 10 nitrogen and oxygen atoms in total. The van der Waals surface area contributed by atoms with E-state index in [1.54, 1.807) is 10.6 Å². The molecule has 0 radical (unpaired) electrons. The molecule has 47 heavy (non-hydrogen) atoms. The summed E-state index contributed by atoms with van der Waals surface area (Å²) in [4.78, 5) is 23.9. The molecule has 0 aliphatic carbocycles. The van der Waals surface area contributed by atoms with E-state index in [2.05, 4.69) is 47.1 Å². The van der Waals surface area contributed by atoms with Crippen LogP contribution >= 0.6 is 0 Å². The molecular formula is C36H50FN9O. The summed E-state index contributed by atoms with van der Waals surface area (Å²) in [5.41, 5.74) is 20.8. The lowest BCUT2D eigenvalue weighted by Gasteiger charge is -2.21. The van der Waals surface area contributed by atoms with Crippen molar-refractivity contribution in [3.8, 4) is 11.8 Å². The lowest BCUT2D eigenvalue weighted by molar-refractivity contribution is 0.519. The summed E-state index contributed by atoms with van der Waals surface area (Å²) in [7, 11) is 0. The first kappa shape index (κ1) is 36.9. The molecule has 252 valence electrons. The van der Waals surface area contributed by atoms with Crippen molar-refractivity contribution >= 4 is 17.0 Å². The lowest BCUT2D eigenvalue weighted by Crippen LogP contribution is -2.23. The Morgan fingerprint density at radius 1 is 1.02 bits per heavy atom. The largest absolute Gasteiger partial charge is 0.370 e. The SMILES string of the molecule is CC(C)(C)c1cc(CCCCN)cc(C#N)c1F.CC(C)(C)c1cc2cn(-c3ccc(CNCCCN=C(N)N)cc3)c(=O)nc2[nH]1. The third kappa shape index (κ3) is 10.8. The topological polar surface area (TPSA) is 177 Å². The Bertz CT molecular complexity index is 1750. The molecule has 11 heteroatoms. The predicted molar refractivity (Wildman–Crippen MR) is 189 cm³/mol.